The Hall–Kier alpha value is -2.12. The normalized spacial score (nSPS) is 13.0. The second kappa shape index (κ2) is 6.41. The average Bonchev–Trinajstić information content (AvgIpc) is 3.22. The molecule has 0 bridgehead atoms. The Balaban J connectivity index is 1.72. The number of thiophene rings is 1. The Morgan fingerprint density at radius 3 is 2.58 bits per heavy atom. The van der Waals surface area contributed by atoms with E-state index in [1.54, 1.807) is 0 Å². The molecule has 0 spiro atoms. The monoisotopic (exact) mass is 330 g/mol. The molecule has 120 valence electrons. The number of aryl methyl sites for hydroxylation is 2. The van der Waals surface area contributed by atoms with E-state index in [4.69, 9.17) is 0 Å². The van der Waals surface area contributed by atoms with Gasteiger partial charge in [0, 0.05) is 9.75 Å². The van der Waals surface area contributed by atoms with Crippen LogP contribution in [0.4, 0.5) is 0 Å². The first-order chi connectivity index (χ1) is 11.7. The van der Waals surface area contributed by atoms with Gasteiger partial charge in [0.15, 0.2) is 0 Å². The highest BCUT2D eigenvalue weighted by molar-refractivity contribution is 7.13. The van der Waals surface area contributed by atoms with Crippen LogP contribution in [0.25, 0.3) is 22.8 Å². The second-order valence-corrected chi connectivity index (χ2v) is 7.78. The molecule has 0 atom stereocenters. The fourth-order valence-electron chi connectivity index (χ4n) is 3.44. The van der Waals surface area contributed by atoms with Gasteiger partial charge in [-0.25, -0.2) is 0 Å². The molecule has 0 radical (unpaired) electrons. The molecule has 0 saturated carbocycles. The third-order valence-corrected chi connectivity index (χ3v) is 5.95. The lowest BCUT2D eigenvalue weighted by atomic mass is 9.97. The number of allylic oxidation sites excluding steroid dienone is 1. The molecule has 4 rings (SSSR count). The number of benzene rings is 2. The van der Waals surface area contributed by atoms with Gasteiger partial charge in [-0.1, -0.05) is 61.4 Å². The minimum atomic E-state index is 1.06. The number of hydrogen-bond acceptors (Lipinski definition) is 1. The molecule has 0 unspecified atom stereocenters. The zero-order valence-electron chi connectivity index (χ0n) is 14.3. The third-order valence-electron chi connectivity index (χ3n) is 4.73. The number of hydrogen-bond donors (Lipinski definition) is 0. The van der Waals surface area contributed by atoms with Crippen LogP contribution in [0.15, 0.2) is 54.6 Å². The van der Waals surface area contributed by atoms with E-state index in [1.165, 1.54) is 56.0 Å². The van der Waals surface area contributed by atoms with Crippen molar-refractivity contribution < 1.29 is 0 Å². The van der Waals surface area contributed by atoms with Gasteiger partial charge >= 0.3 is 0 Å². The van der Waals surface area contributed by atoms with Gasteiger partial charge in [-0.05, 0) is 65.8 Å². The average molecular weight is 330 g/mol. The van der Waals surface area contributed by atoms with E-state index in [9.17, 15) is 0 Å². The van der Waals surface area contributed by atoms with Crippen LogP contribution in [0.1, 0.15) is 39.8 Å². The predicted octanol–water partition coefficient (Wildman–Crippen LogP) is 6.77. The minimum absolute atomic E-state index is 1.06. The Kier molecular flexibility index (Phi) is 4.12. The summed E-state index contributed by atoms with van der Waals surface area (Å²) in [6.07, 6.45) is 5.88. The molecular formula is C23H22S. The lowest BCUT2D eigenvalue weighted by Crippen LogP contribution is -1.87. The molecule has 3 aromatic rings. The van der Waals surface area contributed by atoms with E-state index in [2.05, 4.69) is 74.5 Å². The summed E-state index contributed by atoms with van der Waals surface area (Å²) >= 11 is 1.96. The second-order valence-electron chi connectivity index (χ2n) is 6.61. The summed E-state index contributed by atoms with van der Waals surface area (Å²) in [6.45, 7) is 4.39. The van der Waals surface area contributed by atoms with Crippen molar-refractivity contribution in [1.29, 1.82) is 0 Å². The van der Waals surface area contributed by atoms with Gasteiger partial charge in [-0.15, -0.1) is 11.3 Å². The summed E-state index contributed by atoms with van der Waals surface area (Å²) in [5.41, 5.74) is 8.30. The van der Waals surface area contributed by atoms with Crippen molar-refractivity contribution in [2.75, 3.05) is 0 Å². The van der Waals surface area contributed by atoms with Crippen LogP contribution in [-0.2, 0) is 12.8 Å². The van der Waals surface area contributed by atoms with E-state index >= 15 is 0 Å². The molecule has 0 amide bonds. The summed E-state index contributed by atoms with van der Waals surface area (Å²) in [7, 11) is 0. The van der Waals surface area contributed by atoms with E-state index in [-0.39, 0.29) is 0 Å². The first kappa shape index (κ1) is 15.4. The molecule has 1 heterocycles. The van der Waals surface area contributed by atoms with Crippen molar-refractivity contribution >= 4 is 23.0 Å². The molecule has 2 aromatic carbocycles. The molecular weight excluding hydrogens is 308 g/mol. The standard InChI is InChI=1S/C23H22S/c1-3-5-20-12-13-23(24-20)19-14-18-6-4-7-21(22(18)15-19)17-10-8-16(2)9-11-17/h4,6-13,15H,3,5,14H2,1-2H3. The van der Waals surface area contributed by atoms with Crippen LogP contribution in [0.5, 0.6) is 0 Å². The number of fused-ring (bicyclic) bond motifs is 1. The molecule has 1 heteroatoms. The van der Waals surface area contributed by atoms with Crippen molar-refractivity contribution in [2.45, 2.75) is 33.1 Å². The predicted molar refractivity (Wildman–Crippen MR) is 107 cm³/mol. The summed E-state index contributed by atoms with van der Waals surface area (Å²) in [5.74, 6) is 0. The van der Waals surface area contributed by atoms with E-state index in [0.717, 1.165) is 6.42 Å². The van der Waals surface area contributed by atoms with Crippen LogP contribution in [0, 0.1) is 6.92 Å². The summed E-state index contributed by atoms with van der Waals surface area (Å²) in [5, 5.41) is 0. The van der Waals surface area contributed by atoms with Gasteiger partial charge in [-0.2, -0.15) is 0 Å². The Bertz CT molecular complexity index is 894. The number of rotatable bonds is 4. The van der Waals surface area contributed by atoms with E-state index in [1.807, 2.05) is 11.3 Å². The third kappa shape index (κ3) is 2.85. The molecule has 1 aromatic heterocycles. The highest BCUT2D eigenvalue weighted by Crippen LogP contribution is 2.39. The Morgan fingerprint density at radius 2 is 1.79 bits per heavy atom. The summed E-state index contributed by atoms with van der Waals surface area (Å²) < 4.78 is 0. The van der Waals surface area contributed by atoms with Crippen molar-refractivity contribution in [1.82, 2.24) is 0 Å². The molecule has 0 N–H and O–H groups in total. The maximum absolute atomic E-state index is 2.41. The molecule has 0 fully saturated rings. The van der Waals surface area contributed by atoms with Crippen LogP contribution in [-0.4, -0.2) is 0 Å². The Labute approximate surface area is 148 Å². The maximum Gasteiger partial charge on any atom is 0.0308 e. The molecule has 0 aliphatic heterocycles. The molecule has 0 saturated heterocycles. The van der Waals surface area contributed by atoms with Crippen molar-refractivity contribution in [3.05, 3.63) is 81.0 Å². The highest BCUT2D eigenvalue weighted by atomic mass is 32.1. The maximum atomic E-state index is 2.41. The van der Waals surface area contributed by atoms with Crippen molar-refractivity contribution in [3.8, 4) is 11.1 Å². The lowest BCUT2D eigenvalue weighted by Gasteiger charge is -2.08. The quantitative estimate of drug-likeness (QED) is 0.495. The van der Waals surface area contributed by atoms with Crippen LogP contribution in [0.3, 0.4) is 0 Å². The van der Waals surface area contributed by atoms with Gasteiger partial charge in [0.25, 0.3) is 0 Å². The summed E-state index contributed by atoms with van der Waals surface area (Å²) in [6, 6.07) is 20.2. The highest BCUT2D eigenvalue weighted by Gasteiger charge is 2.18. The topological polar surface area (TPSA) is 0 Å². The fourth-order valence-corrected chi connectivity index (χ4v) is 4.57. The van der Waals surface area contributed by atoms with Gasteiger partial charge in [0.05, 0.1) is 0 Å². The molecule has 1 aliphatic rings. The lowest BCUT2D eigenvalue weighted by molar-refractivity contribution is 0.940. The molecule has 24 heavy (non-hydrogen) atoms. The van der Waals surface area contributed by atoms with E-state index in [0.29, 0.717) is 0 Å². The van der Waals surface area contributed by atoms with E-state index < -0.39 is 0 Å². The van der Waals surface area contributed by atoms with Crippen molar-refractivity contribution in [3.63, 3.8) is 0 Å². The Morgan fingerprint density at radius 1 is 0.958 bits per heavy atom. The van der Waals surface area contributed by atoms with Crippen molar-refractivity contribution in [2.24, 2.45) is 0 Å². The summed E-state index contributed by atoms with van der Waals surface area (Å²) in [4.78, 5) is 2.94. The van der Waals surface area contributed by atoms with Crippen LogP contribution >= 0.6 is 11.3 Å². The van der Waals surface area contributed by atoms with Crippen LogP contribution in [0.2, 0.25) is 0 Å². The fraction of sp³-hybridized carbons (Fsp3) is 0.217. The van der Waals surface area contributed by atoms with Gasteiger partial charge < -0.3 is 0 Å². The molecule has 1 aliphatic carbocycles. The van der Waals surface area contributed by atoms with Gasteiger partial charge in [0.2, 0.25) is 0 Å². The first-order valence-corrected chi connectivity index (χ1v) is 9.55. The largest absolute Gasteiger partial charge is 0.141 e. The first-order valence-electron chi connectivity index (χ1n) is 8.73. The smallest absolute Gasteiger partial charge is 0.0308 e. The van der Waals surface area contributed by atoms with Gasteiger partial charge in [-0.3, -0.25) is 0 Å². The zero-order chi connectivity index (χ0) is 16.5. The minimum Gasteiger partial charge on any atom is -0.141 e. The van der Waals surface area contributed by atoms with Crippen LogP contribution < -0.4 is 0 Å². The zero-order valence-corrected chi connectivity index (χ0v) is 15.1. The molecule has 0 nitrogen and oxygen atoms in total. The van der Waals surface area contributed by atoms with Gasteiger partial charge in [0.1, 0.15) is 0 Å². The SMILES string of the molecule is CCCc1ccc(C2=Cc3c(cccc3-c3ccc(C)cc3)C2)s1.